The van der Waals surface area contributed by atoms with E-state index in [2.05, 4.69) is 6.92 Å². The fourth-order valence-electron chi connectivity index (χ4n) is 3.08. The maximum absolute atomic E-state index is 12.6. The Labute approximate surface area is 124 Å². The third-order valence-corrected chi connectivity index (χ3v) is 5.91. The molecule has 1 N–H and O–H groups in total. The highest BCUT2D eigenvalue weighted by Crippen LogP contribution is 2.38. The molecule has 2 rings (SSSR count). The zero-order chi connectivity index (χ0) is 14.9. The number of rotatable bonds is 2. The molecule has 2 fully saturated rings. The third-order valence-electron chi connectivity index (χ3n) is 4.72. The van der Waals surface area contributed by atoms with Gasteiger partial charge in [0.2, 0.25) is 0 Å². The van der Waals surface area contributed by atoms with Crippen LogP contribution in [-0.4, -0.2) is 64.1 Å². The van der Waals surface area contributed by atoms with Gasteiger partial charge in [-0.25, -0.2) is 4.79 Å². The first kappa shape index (κ1) is 15.5. The highest BCUT2D eigenvalue weighted by Gasteiger charge is 2.49. The molecule has 6 heteroatoms. The van der Waals surface area contributed by atoms with Crippen LogP contribution < -0.4 is 0 Å². The predicted molar refractivity (Wildman–Crippen MR) is 80.0 cm³/mol. The molecule has 5 nitrogen and oxygen atoms in total. The number of likely N-dealkylation sites (tertiary alicyclic amines) is 1. The lowest BCUT2D eigenvalue weighted by atomic mass is 9.76. The lowest BCUT2D eigenvalue weighted by Gasteiger charge is -2.36. The number of hydrogen-bond acceptors (Lipinski definition) is 3. The van der Waals surface area contributed by atoms with Gasteiger partial charge in [0, 0.05) is 37.2 Å². The van der Waals surface area contributed by atoms with Gasteiger partial charge in [-0.05, 0) is 19.3 Å². The van der Waals surface area contributed by atoms with Crippen LogP contribution in [0.25, 0.3) is 0 Å². The Morgan fingerprint density at radius 1 is 1.35 bits per heavy atom. The minimum Gasteiger partial charge on any atom is -0.481 e. The normalized spacial score (nSPS) is 30.9. The minimum absolute atomic E-state index is 0.0153. The summed E-state index contributed by atoms with van der Waals surface area (Å²) >= 11 is 1.87. The van der Waals surface area contributed by atoms with Crippen LogP contribution in [0.2, 0.25) is 0 Å². The molecule has 0 aromatic carbocycles. The van der Waals surface area contributed by atoms with Crippen LogP contribution in [0, 0.1) is 11.3 Å². The molecular weight excluding hydrogens is 276 g/mol. The van der Waals surface area contributed by atoms with Crippen LogP contribution >= 0.6 is 11.8 Å². The standard InChI is InChI=1S/C14H24N2O3S/c1-10(2)14(12(17)18)4-5-15(9-14)13(19)16-6-7-20-8-11(16)3/h10-11H,4-9H2,1-3H3,(H,17,18). The molecular formula is C14H24N2O3S. The van der Waals surface area contributed by atoms with Crippen LogP contribution in [-0.2, 0) is 4.79 Å². The number of carboxylic acids is 1. The van der Waals surface area contributed by atoms with E-state index in [1.54, 1.807) is 4.90 Å². The molecule has 2 aliphatic heterocycles. The van der Waals surface area contributed by atoms with Gasteiger partial charge in [-0.2, -0.15) is 11.8 Å². The molecule has 2 atom stereocenters. The van der Waals surface area contributed by atoms with Crippen LogP contribution in [0.3, 0.4) is 0 Å². The van der Waals surface area contributed by atoms with Crippen LogP contribution in [0.15, 0.2) is 0 Å². The summed E-state index contributed by atoms with van der Waals surface area (Å²) in [6, 6.07) is 0.252. The first-order chi connectivity index (χ1) is 9.38. The first-order valence-electron chi connectivity index (χ1n) is 7.25. The number of carbonyl (C=O) groups is 2. The van der Waals surface area contributed by atoms with Crippen molar-refractivity contribution in [1.29, 1.82) is 0 Å². The number of aliphatic carboxylic acids is 1. The number of hydrogen-bond donors (Lipinski definition) is 1. The van der Waals surface area contributed by atoms with E-state index < -0.39 is 11.4 Å². The molecule has 0 bridgehead atoms. The highest BCUT2D eigenvalue weighted by molar-refractivity contribution is 7.99. The molecule has 0 aromatic rings. The van der Waals surface area contributed by atoms with Crippen molar-refractivity contribution < 1.29 is 14.7 Å². The van der Waals surface area contributed by atoms with E-state index in [0.717, 1.165) is 18.1 Å². The van der Waals surface area contributed by atoms with Crippen LogP contribution in [0.5, 0.6) is 0 Å². The van der Waals surface area contributed by atoms with Gasteiger partial charge in [0.1, 0.15) is 0 Å². The summed E-state index contributed by atoms with van der Waals surface area (Å²) in [5.74, 6) is 1.20. The van der Waals surface area contributed by atoms with Crippen molar-refractivity contribution in [2.45, 2.75) is 33.2 Å². The van der Waals surface area contributed by atoms with Crippen molar-refractivity contribution in [1.82, 2.24) is 9.80 Å². The van der Waals surface area contributed by atoms with Gasteiger partial charge in [0.05, 0.1) is 5.41 Å². The Kier molecular flexibility index (Phi) is 4.52. The number of nitrogens with zero attached hydrogens (tertiary/aromatic N) is 2. The van der Waals surface area contributed by atoms with E-state index in [1.165, 1.54) is 0 Å². The lowest BCUT2D eigenvalue weighted by molar-refractivity contribution is -0.150. The summed E-state index contributed by atoms with van der Waals surface area (Å²) in [7, 11) is 0. The summed E-state index contributed by atoms with van der Waals surface area (Å²) in [4.78, 5) is 27.8. The number of urea groups is 1. The molecule has 114 valence electrons. The Morgan fingerprint density at radius 3 is 2.55 bits per heavy atom. The van der Waals surface area contributed by atoms with Gasteiger partial charge in [-0.1, -0.05) is 13.8 Å². The minimum atomic E-state index is -0.774. The second kappa shape index (κ2) is 5.84. The van der Waals surface area contributed by atoms with E-state index in [0.29, 0.717) is 19.5 Å². The first-order valence-corrected chi connectivity index (χ1v) is 8.40. The van der Waals surface area contributed by atoms with Crippen LogP contribution in [0.4, 0.5) is 4.79 Å². The number of carboxylic acid groups (broad SMARTS) is 1. The molecule has 2 heterocycles. The smallest absolute Gasteiger partial charge is 0.320 e. The van der Waals surface area contributed by atoms with Gasteiger partial charge in [0.25, 0.3) is 0 Å². The van der Waals surface area contributed by atoms with E-state index >= 15 is 0 Å². The van der Waals surface area contributed by atoms with E-state index in [-0.39, 0.29) is 18.0 Å². The van der Waals surface area contributed by atoms with Crippen molar-refractivity contribution in [3.05, 3.63) is 0 Å². The summed E-state index contributed by atoms with van der Waals surface area (Å²) in [5.41, 5.74) is -0.774. The molecule has 2 saturated heterocycles. The second-order valence-corrected chi connectivity index (χ2v) is 7.34. The number of carbonyl (C=O) groups excluding carboxylic acids is 1. The zero-order valence-electron chi connectivity index (χ0n) is 12.5. The average molecular weight is 300 g/mol. The Bertz CT molecular complexity index is 402. The maximum atomic E-state index is 12.6. The quantitative estimate of drug-likeness (QED) is 0.847. The molecule has 2 unspecified atom stereocenters. The Morgan fingerprint density at radius 2 is 2.05 bits per heavy atom. The molecule has 0 spiro atoms. The van der Waals surface area contributed by atoms with Crippen LogP contribution in [0.1, 0.15) is 27.2 Å². The second-order valence-electron chi connectivity index (χ2n) is 6.19. The molecule has 0 aliphatic carbocycles. The van der Waals surface area contributed by atoms with Gasteiger partial charge >= 0.3 is 12.0 Å². The van der Waals surface area contributed by atoms with Gasteiger partial charge in [-0.3, -0.25) is 4.79 Å². The SMILES string of the molecule is CC1CSCCN1C(=O)N1CCC(C(=O)O)(C(C)C)C1. The van der Waals surface area contributed by atoms with Crippen molar-refractivity contribution in [3.8, 4) is 0 Å². The van der Waals surface area contributed by atoms with E-state index in [1.807, 2.05) is 30.5 Å². The number of thioether (sulfide) groups is 1. The topological polar surface area (TPSA) is 60.9 Å². The zero-order valence-corrected chi connectivity index (χ0v) is 13.3. The van der Waals surface area contributed by atoms with Gasteiger partial charge in [-0.15, -0.1) is 0 Å². The molecule has 0 radical (unpaired) electrons. The highest BCUT2D eigenvalue weighted by atomic mass is 32.2. The van der Waals surface area contributed by atoms with Gasteiger partial charge < -0.3 is 14.9 Å². The van der Waals surface area contributed by atoms with Gasteiger partial charge in [0.15, 0.2) is 0 Å². The third kappa shape index (κ3) is 2.62. The molecule has 0 saturated carbocycles. The Hall–Kier alpha value is -0.910. The molecule has 0 aromatic heterocycles. The van der Waals surface area contributed by atoms with E-state index in [9.17, 15) is 14.7 Å². The van der Waals surface area contributed by atoms with Crippen molar-refractivity contribution in [3.63, 3.8) is 0 Å². The molecule has 2 aliphatic rings. The summed E-state index contributed by atoms with van der Waals surface area (Å²) < 4.78 is 0. The average Bonchev–Trinajstić information content (AvgIpc) is 2.85. The number of amides is 2. The predicted octanol–water partition coefficient (Wildman–Crippen LogP) is 1.98. The fourth-order valence-corrected chi connectivity index (χ4v) is 4.10. The maximum Gasteiger partial charge on any atom is 0.320 e. The summed E-state index contributed by atoms with van der Waals surface area (Å²) in [5, 5.41) is 9.54. The lowest BCUT2D eigenvalue weighted by Crippen LogP contribution is -2.51. The largest absolute Gasteiger partial charge is 0.481 e. The van der Waals surface area contributed by atoms with Crippen molar-refractivity contribution >= 4 is 23.8 Å². The fraction of sp³-hybridized carbons (Fsp3) is 0.857. The molecule has 20 heavy (non-hydrogen) atoms. The monoisotopic (exact) mass is 300 g/mol. The summed E-state index contributed by atoms with van der Waals surface area (Å²) in [6.07, 6.45) is 0.558. The Balaban J connectivity index is 2.08. The molecule has 2 amide bonds. The summed E-state index contributed by atoms with van der Waals surface area (Å²) in [6.45, 7) is 7.59. The van der Waals surface area contributed by atoms with Crippen molar-refractivity contribution in [2.75, 3.05) is 31.1 Å². The van der Waals surface area contributed by atoms with Crippen molar-refractivity contribution in [2.24, 2.45) is 11.3 Å². The van der Waals surface area contributed by atoms with E-state index in [4.69, 9.17) is 0 Å².